The zero-order chi connectivity index (χ0) is 17.9. The minimum Gasteiger partial charge on any atom is -0.491 e. The Labute approximate surface area is 145 Å². The van der Waals surface area contributed by atoms with Crippen molar-refractivity contribution in [3.63, 3.8) is 0 Å². The van der Waals surface area contributed by atoms with Crippen molar-refractivity contribution in [2.24, 2.45) is 0 Å². The fraction of sp³-hybridized carbons (Fsp3) is 0.611. The molecular formula is C18H31N3O3. The Morgan fingerprint density at radius 2 is 1.79 bits per heavy atom. The maximum Gasteiger partial charge on any atom is 0.314 e. The van der Waals surface area contributed by atoms with Gasteiger partial charge in [-0.2, -0.15) is 0 Å². The highest BCUT2D eigenvalue weighted by Gasteiger charge is 2.06. The van der Waals surface area contributed by atoms with Crippen molar-refractivity contribution in [2.75, 3.05) is 19.7 Å². The van der Waals surface area contributed by atoms with Gasteiger partial charge in [0.25, 0.3) is 0 Å². The predicted octanol–water partition coefficient (Wildman–Crippen LogP) is 1.67. The Morgan fingerprint density at radius 3 is 2.38 bits per heavy atom. The zero-order valence-corrected chi connectivity index (χ0v) is 15.1. The topological polar surface area (TPSA) is 82.6 Å². The van der Waals surface area contributed by atoms with Crippen molar-refractivity contribution in [3.8, 4) is 5.75 Å². The molecule has 0 saturated carbocycles. The highest BCUT2D eigenvalue weighted by molar-refractivity contribution is 5.74. The molecule has 0 unspecified atom stereocenters. The number of rotatable bonds is 10. The monoisotopic (exact) mass is 337 g/mol. The van der Waals surface area contributed by atoms with Gasteiger partial charge in [0.05, 0.1) is 0 Å². The largest absolute Gasteiger partial charge is 0.491 e. The fourth-order valence-electron chi connectivity index (χ4n) is 2.01. The molecule has 136 valence electrons. The Balaban J connectivity index is 2.26. The van der Waals surface area contributed by atoms with E-state index in [0.717, 1.165) is 17.7 Å². The van der Waals surface area contributed by atoms with E-state index in [1.165, 1.54) is 0 Å². The first-order valence-corrected chi connectivity index (χ1v) is 8.54. The number of ether oxygens (including phenoxy) is 1. The van der Waals surface area contributed by atoms with Gasteiger partial charge in [-0.05, 0) is 38.0 Å². The molecule has 24 heavy (non-hydrogen) atoms. The van der Waals surface area contributed by atoms with E-state index in [1.807, 2.05) is 52.0 Å². The van der Waals surface area contributed by atoms with Crippen LogP contribution in [0.1, 0.15) is 33.3 Å². The summed E-state index contributed by atoms with van der Waals surface area (Å²) >= 11 is 0. The highest BCUT2D eigenvalue weighted by Crippen LogP contribution is 2.12. The lowest BCUT2D eigenvalue weighted by atomic mass is 10.1. The van der Waals surface area contributed by atoms with E-state index in [0.29, 0.717) is 19.1 Å². The lowest BCUT2D eigenvalue weighted by molar-refractivity contribution is 0.104. The molecule has 4 N–H and O–H groups in total. The molecule has 6 nitrogen and oxygen atoms in total. The van der Waals surface area contributed by atoms with Crippen LogP contribution in [0.25, 0.3) is 0 Å². The fourth-order valence-corrected chi connectivity index (χ4v) is 2.01. The molecule has 1 atom stereocenters. The van der Waals surface area contributed by atoms with Crippen LogP contribution in [-0.2, 0) is 6.42 Å². The zero-order valence-electron chi connectivity index (χ0n) is 15.1. The summed E-state index contributed by atoms with van der Waals surface area (Å²) in [5, 5.41) is 18.6. The lowest BCUT2D eigenvalue weighted by Gasteiger charge is -2.15. The molecule has 0 fully saturated rings. The number of carbonyl (C=O) groups is 1. The van der Waals surface area contributed by atoms with Crippen LogP contribution in [0.4, 0.5) is 4.79 Å². The Bertz CT molecular complexity index is 475. The maximum atomic E-state index is 11.5. The van der Waals surface area contributed by atoms with Gasteiger partial charge in [-0.1, -0.05) is 26.0 Å². The Hall–Kier alpha value is -1.79. The van der Waals surface area contributed by atoms with Crippen molar-refractivity contribution < 1.29 is 14.6 Å². The summed E-state index contributed by atoms with van der Waals surface area (Å²) in [5.41, 5.74) is 1.12. The minimum absolute atomic E-state index is 0.132. The molecule has 0 bridgehead atoms. The SMILES string of the molecule is CC(C)NC[C@@H](O)COc1ccc(CCNC(=O)NC(C)C)cc1. The summed E-state index contributed by atoms with van der Waals surface area (Å²) < 4.78 is 5.57. The van der Waals surface area contributed by atoms with E-state index in [9.17, 15) is 9.90 Å². The van der Waals surface area contributed by atoms with Crippen LogP contribution in [-0.4, -0.2) is 49.0 Å². The average molecular weight is 337 g/mol. The van der Waals surface area contributed by atoms with E-state index in [4.69, 9.17) is 4.74 Å². The summed E-state index contributed by atoms with van der Waals surface area (Å²) in [6.45, 7) is 9.28. The normalized spacial score (nSPS) is 12.3. The molecule has 0 saturated heterocycles. The van der Waals surface area contributed by atoms with Gasteiger partial charge < -0.3 is 25.8 Å². The smallest absolute Gasteiger partial charge is 0.314 e. The molecule has 1 aromatic rings. The quantitative estimate of drug-likeness (QED) is 0.523. The third kappa shape index (κ3) is 9.37. The van der Waals surface area contributed by atoms with Crippen molar-refractivity contribution in [1.29, 1.82) is 0 Å². The lowest BCUT2D eigenvalue weighted by Crippen LogP contribution is -2.40. The third-order valence-electron chi connectivity index (χ3n) is 3.25. The van der Waals surface area contributed by atoms with Crippen molar-refractivity contribution >= 4 is 6.03 Å². The summed E-state index contributed by atoms with van der Waals surface area (Å²) in [4.78, 5) is 11.5. The number of carbonyl (C=O) groups excluding carboxylic acids is 1. The average Bonchev–Trinajstić information content (AvgIpc) is 2.51. The van der Waals surface area contributed by atoms with Gasteiger partial charge >= 0.3 is 6.03 Å². The Morgan fingerprint density at radius 1 is 1.12 bits per heavy atom. The number of aliphatic hydroxyl groups excluding tert-OH is 1. The second kappa shape index (κ2) is 10.9. The van der Waals surface area contributed by atoms with Crippen molar-refractivity contribution in [3.05, 3.63) is 29.8 Å². The van der Waals surface area contributed by atoms with E-state index in [1.54, 1.807) is 0 Å². The second-order valence-corrected chi connectivity index (χ2v) is 6.48. The number of amides is 2. The van der Waals surface area contributed by atoms with E-state index < -0.39 is 6.10 Å². The first kappa shape index (κ1) is 20.3. The number of hydrogen-bond acceptors (Lipinski definition) is 4. The van der Waals surface area contributed by atoms with Crippen LogP contribution < -0.4 is 20.7 Å². The molecule has 0 heterocycles. The third-order valence-corrected chi connectivity index (χ3v) is 3.25. The number of benzene rings is 1. The first-order valence-electron chi connectivity index (χ1n) is 8.54. The van der Waals surface area contributed by atoms with Gasteiger partial charge in [-0.15, -0.1) is 0 Å². The van der Waals surface area contributed by atoms with E-state index in [2.05, 4.69) is 16.0 Å². The molecule has 0 aliphatic carbocycles. The van der Waals surface area contributed by atoms with Crippen molar-refractivity contribution in [2.45, 2.75) is 52.3 Å². The standard InChI is InChI=1S/C18H31N3O3/c1-13(2)20-11-16(22)12-24-17-7-5-15(6-8-17)9-10-19-18(23)21-14(3)4/h5-8,13-14,16,20,22H,9-12H2,1-4H3,(H2,19,21,23)/t16-/m1/s1. The van der Waals surface area contributed by atoms with Crippen LogP contribution in [0.15, 0.2) is 24.3 Å². The summed E-state index contributed by atoms with van der Waals surface area (Å²) in [6, 6.07) is 8.03. The van der Waals surface area contributed by atoms with Crippen LogP contribution in [0.3, 0.4) is 0 Å². The second-order valence-electron chi connectivity index (χ2n) is 6.48. The number of urea groups is 1. The summed E-state index contributed by atoms with van der Waals surface area (Å²) in [5.74, 6) is 0.729. The molecule has 0 aliphatic heterocycles. The molecule has 0 aromatic heterocycles. The molecule has 2 amide bonds. The van der Waals surface area contributed by atoms with Gasteiger partial charge in [0.15, 0.2) is 0 Å². The molecule has 1 aromatic carbocycles. The molecule has 0 spiro atoms. The minimum atomic E-state index is -0.532. The number of aliphatic hydroxyl groups is 1. The van der Waals surface area contributed by atoms with Gasteiger partial charge in [-0.3, -0.25) is 0 Å². The van der Waals surface area contributed by atoms with Gasteiger partial charge in [0.2, 0.25) is 0 Å². The van der Waals surface area contributed by atoms with Crippen molar-refractivity contribution in [1.82, 2.24) is 16.0 Å². The van der Waals surface area contributed by atoms with Gasteiger partial charge in [-0.25, -0.2) is 4.79 Å². The number of hydrogen-bond donors (Lipinski definition) is 4. The summed E-state index contributed by atoms with van der Waals surface area (Å²) in [6.07, 6.45) is 0.225. The molecule has 1 rings (SSSR count). The van der Waals surface area contributed by atoms with E-state index >= 15 is 0 Å². The maximum absolute atomic E-state index is 11.5. The molecule has 0 radical (unpaired) electrons. The van der Waals surface area contributed by atoms with Crippen LogP contribution in [0.2, 0.25) is 0 Å². The summed E-state index contributed by atoms with van der Waals surface area (Å²) in [7, 11) is 0. The van der Waals surface area contributed by atoms with Gasteiger partial charge in [0.1, 0.15) is 18.5 Å². The Kier molecular flexibility index (Phi) is 9.19. The molecule has 6 heteroatoms. The van der Waals surface area contributed by atoms with Crippen LogP contribution in [0, 0.1) is 0 Å². The number of nitrogens with one attached hydrogen (secondary N) is 3. The molecular weight excluding hydrogens is 306 g/mol. The van der Waals surface area contributed by atoms with Crippen LogP contribution >= 0.6 is 0 Å². The van der Waals surface area contributed by atoms with Crippen LogP contribution in [0.5, 0.6) is 5.75 Å². The highest BCUT2D eigenvalue weighted by atomic mass is 16.5. The molecule has 0 aliphatic rings. The van der Waals surface area contributed by atoms with E-state index in [-0.39, 0.29) is 18.7 Å². The van der Waals surface area contributed by atoms with Gasteiger partial charge in [0, 0.05) is 25.2 Å². The first-order chi connectivity index (χ1) is 11.4. The predicted molar refractivity (Wildman–Crippen MR) is 96.5 cm³/mol.